The third-order valence-electron chi connectivity index (χ3n) is 10.8. The van der Waals surface area contributed by atoms with Crippen molar-refractivity contribution in [3.05, 3.63) is 122 Å². The molecule has 3 unspecified atom stereocenters. The van der Waals surface area contributed by atoms with Gasteiger partial charge in [-0.05, 0) is 103 Å². The number of amides is 1. The molecule has 0 spiro atoms. The van der Waals surface area contributed by atoms with Gasteiger partial charge in [-0.2, -0.15) is 0 Å². The second-order valence-corrected chi connectivity index (χ2v) is 16.8. The fraction of sp³-hybridized carbons (Fsp3) is 0.621. The van der Waals surface area contributed by atoms with E-state index in [1.807, 2.05) is 6.08 Å². The second kappa shape index (κ2) is 50.3. The molecule has 6 heteroatoms. The van der Waals surface area contributed by atoms with Gasteiger partial charge < -0.3 is 20.3 Å². The molecule has 0 aromatic carbocycles. The zero-order chi connectivity index (χ0) is 46.7. The summed E-state index contributed by atoms with van der Waals surface area (Å²) in [4.78, 5) is 26.1. The number of aliphatic hydroxyl groups is 2. The van der Waals surface area contributed by atoms with Crippen molar-refractivity contribution in [1.29, 1.82) is 0 Å². The summed E-state index contributed by atoms with van der Waals surface area (Å²) < 4.78 is 5.86. The number of allylic oxidation sites excluding steroid dienone is 20. The highest BCUT2D eigenvalue weighted by atomic mass is 16.5. The number of hydrogen-bond acceptors (Lipinski definition) is 5. The summed E-state index contributed by atoms with van der Waals surface area (Å²) in [6.45, 7) is 6.27. The van der Waals surface area contributed by atoms with E-state index in [0.29, 0.717) is 19.3 Å². The molecule has 0 aliphatic carbocycles. The quantitative estimate of drug-likeness (QED) is 0.0322. The lowest BCUT2D eigenvalue weighted by Gasteiger charge is -2.24. The molecule has 0 saturated heterocycles. The molecule has 0 aliphatic heterocycles. The van der Waals surface area contributed by atoms with Crippen molar-refractivity contribution in [3.8, 4) is 0 Å². The number of carbonyl (C=O) groups is 2. The molecule has 0 saturated carbocycles. The Bertz CT molecular complexity index is 1360. The third-order valence-corrected chi connectivity index (χ3v) is 10.8. The summed E-state index contributed by atoms with van der Waals surface area (Å²) in [5.41, 5.74) is 0. The van der Waals surface area contributed by atoms with Crippen LogP contribution in [0.1, 0.15) is 207 Å². The van der Waals surface area contributed by atoms with E-state index in [9.17, 15) is 19.8 Å². The Hall–Kier alpha value is -3.74. The maximum Gasteiger partial charge on any atom is 0.306 e. The monoisotopic (exact) mass is 886 g/mol. The summed E-state index contributed by atoms with van der Waals surface area (Å²) in [6.07, 6.45) is 69.9. The average molecular weight is 886 g/mol. The highest BCUT2D eigenvalue weighted by molar-refractivity contribution is 5.77. The molecule has 0 bridgehead atoms. The number of rotatable bonds is 44. The number of ether oxygens (including phenoxy) is 1. The molecule has 0 heterocycles. The Morgan fingerprint density at radius 1 is 0.469 bits per heavy atom. The molecule has 362 valence electrons. The predicted molar refractivity (Wildman–Crippen MR) is 277 cm³/mol. The number of carbonyl (C=O) groups excluding carboxylic acids is 2. The van der Waals surface area contributed by atoms with Crippen LogP contribution in [0.3, 0.4) is 0 Å². The van der Waals surface area contributed by atoms with Gasteiger partial charge in [-0.25, -0.2) is 0 Å². The van der Waals surface area contributed by atoms with E-state index in [4.69, 9.17) is 4.74 Å². The summed E-state index contributed by atoms with van der Waals surface area (Å²) in [7, 11) is 0. The van der Waals surface area contributed by atoms with Crippen molar-refractivity contribution in [1.82, 2.24) is 5.32 Å². The van der Waals surface area contributed by atoms with E-state index in [0.717, 1.165) is 89.9 Å². The average Bonchev–Trinajstić information content (AvgIpc) is 3.29. The molecule has 6 nitrogen and oxygen atoms in total. The maximum absolute atomic E-state index is 13.2. The van der Waals surface area contributed by atoms with Crippen LogP contribution in [0, 0.1) is 0 Å². The molecule has 0 aliphatic rings. The molecule has 1 amide bonds. The maximum atomic E-state index is 13.2. The lowest BCUT2D eigenvalue weighted by Crippen LogP contribution is -2.46. The van der Waals surface area contributed by atoms with Crippen LogP contribution in [0.15, 0.2) is 122 Å². The van der Waals surface area contributed by atoms with Crippen molar-refractivity contribution in [2.45, 2.75) is 225 Å². The summed E-state index contributed by atoms with van der Waals surface area (Å²) in [5.74, 6) is -0.642. The highest BCUT2D eigenvalue weighted by Crippen LogP contribution is 2.15. The number of nitrogens with one attached hydrogen (secondary N) is 1. The molecular weight excluding hydrogens is 791 g/mol. The van der Waals surface area contributed by atoms with Crippen molar-refractivity contribution >= 4 is 11.9 Å². The van der Waals surface area contributed by atoms with E-state index >= 15 is 0 Å². The van der Waals surface area contributed by atoms with Crippen LogP contribution in [-0.4, -0.2) is 46.9 Å². The van der Waals surface area contributed by atoms with Crippen LogP contribution >= 0.6 is 0 Å². The Morgan fingerprint density at radius 3 is 1.31 bits per heavy atom. The van der Waals surface area contributed by atoms with Crippen LogP contribution in [0.4, 0.5) is 0 Å². The number of hydrogen-bond donors (Lipinski definition) is 3. The molecule has 0 rings (SSSR count). The van der Waals surface area contributed by atoms with Gasteiger partial charge in [0.25, 0.3) is 0 Å². The fourth-order valence-corrected chi connectivity index (χ4v) is 6.91. The smallest absolute Gasteiger partial charge is 0.306 e. The predicted octanol–water partition coefficient (Wildman–Crippen LogP) is 15.7. The minimum absolute atomic E-state index is 0.00151. The molecule has 0 fully saturated rings. The van der Waals surface area contributed by atoms with Crippen LogP contribution in [0.2, 0.25) is 0 Å². The van der Waals surface area contributed by atoms with Gasteiger partial charge in [-0.3, -0.25) is 9.59 Å². The van der Waals surface area contributed by atoms with Gasteiger partial charge >= 0.3 is 5.97 Å². The molecule has 3 atom stereocenters. The van der Waals surface area contributed by atoms with Gasteiger partial charge in [0.15, 0.2) is 0 Å². The first-order valence-corrected chi connectivity index (χ1v) is 25.8. The van der Waals surface area contributed by atoms with Crippen molar-refractivity contribution in [2.75, 3.05) is 6.61 Å². The van der Waals surface area contributed by atoms with E-state index < -0.39 is 18.2 Å². The Labute approximate surface area is 393 Å². The van der Waals surface area contributed by atoms with E-state index in [2.05, 4.69) is 142 Å². The van der Waals surface area contributed by atoms with Gasteiger partial charge in [0.05, 0.1) is 25.2 Å². The number of esters is 1. The van der Waals surface area contributed by atoms with E-state index in [1.165, 1.54) is 64.2 Å². The van der Waals surface area contributed by atoms with Crippen molar-refractivity contribution < 1.29 is 24.5 Å². The zero-order valence-corrected chi connectivity index (χ0v) is 41.1. The van der Waals surface area contributed by atoms with Crippen LogP contribution in [0.25, 0.3) is 0 Å². The Morgan fingerprint density at radius 2 is 0.859 bits per heavy atom. The SMILES string of the molecule is CC/C=C\C/C=C\C/C=C\C/C=C\C/C=C\C/C=C\CCC(=O)OC(CCC/C=C\C/C=C\C/C=C\C/C=C\CCCCC)CC(=O)NC(CO)C(O)CCCCCCCCCCC. The van der Waals surface area contributed by atoms with Gasteiger partial charge in [0.1, 0.15) is 6.10 Å². The fourth-order valence-electron chi connectivity index (χ4n) is 6.91. The number of aliphatic hydroxyl groups excluding tert-OH is 2. The molecular formula is C58H95NO5. The van der Waals surface area contributed by atoms with Gasteiger partial charge in [0, 0.05) is 6.42 Å². The van der Waals surface area contributed by atoms with Gasteiger partial charge in [-0.1, -0.05) is 213 Å². The molecule has 0 aromatic heterocycles. The largest absolute Gasteiger partial charge is 0.462 e. The van der Waals surface area contributed by atoms with E-state index in [-0.39, 0.29) is 31.3 Å². The lowest BCUT2D eigenvalue weighted by atomic mass is 10.0. The van der Waals surface area contributed by atoms with Gasteiger partial charge in [0.2, 0.25) is 5.91 Å². The standard InChI is InChI=1S/C58H95NO5/c1-4-7-10-13-16-19-21-23-25-27-28-30-32-34-36-39-42-45-48-51-58(63)64-54(49-46-43-40-38-35-33-31-29-26-24-22-20-17-14-11-8-5-2)52-57(62)59-55(53-60)56(61)50-47-44-41-37-18-15-12-9-6-3/h7,10,16-17,19-20,23-26,28,30-31,33-34,36,38,40,42,45,54-56,60-61H,4-6,8-9,11-15,18,21-22,27,29,32,35,37,39,41,43-44,46-53H2,1-3H3,(H,59,62)/b10-7-,19-16-,20-17-,25-23-,26-24-,30-28-,33-31-,36-34-,40-38-,45-42-. The Kier molecular flexibility index (Phi) is 47.3. The lowest BCUT2D eigenvalue weighted by molar-refractivity contribution is -0.150. The first kappa shape index (κ1) is 60.3. The van der Waals surface area contributed by atoms with Crippen LogP contribution < -0.4 is 5.32 Å². The van der Waals surface area contributed by atoms with E-state index in [1.54, 1.807) is 0 Å². The summed E-state index contributed by atoms with van der Waals surface area (Å²) in [5, 5.41) is 23.6. The highest BCUT2D eigenvalue weighted by Gasteiger charge is 2.23. The third kappa shape index (κ3) is 44.9. The topological polar surface area (TPSA) is 95.9 Å². The molecule has 0 aromatic rings. The van der Waals surface area contributed by atoms with Crippen LogP contribution in [0.5, 0.6) is 0 Å². The summed E-state index contributed by atoms with van der Waals surface area (Å²) >= 11 is 0. The van der Waals surface area contributed by atoms with Crippen LogP contribution in [-0.2, 0) is 14.3 Å². The Balaban J connectivity index is 4.83. The number of unbranched alkanes of at least 4 members (excludes halogenated alkanes) is 12. The van der Waals surface area contributed by atoms with Gasteiger partial charge in [-0.15, -0.1) is 0 Å². The summed E-state index contributed by atoms with van der Waals surface area (Å²) in [6, 6.07) is -0.741. The second-order valence-electron chi connectivity index (χ2n) is 16.8. The molecule has 64 heavy (non-hydrogen) atoms. The minimum atomic E-state index is -0.821. The first-order valence-electron chi connectivity index (χ1n) is 25.8. The van der Waals surface area contributed by atoms with Crippen molar-refractivity contribution in [3.63, 3.8) is 0 Å². The molecule has 0 radical (unpaired) electrons. The van der Waals surface area contributed by atoms with Crippen molar-refractivity contribution in [2.24, 2.45) is 0 Å². The zero-order valence-electron chi connectivity index (χ0n) is 41.1. The minimum Gasteiger partial charge on any atom is -0.462 e. The first-order chi connectivity index (χ1) is 31.5. The normalized spacial score (nSPS) is 14.3. The molecule has 3 N–H and O–H groups in total.